The molecule has 6 heteroatoms. The van der Waals surface area contributed by atoms with Gasteiger partial charge in [-0.3, -0.25) is 4.79 Å². The largest absolute Gasteiger partial charge is 0.463 e. The van der Waals surface area contributed by atoms with E-state index >= 15 is 0 Å². The van der Waals surface area contributed by atoms with Crippen molar-refractivity contribution in [3.8, 4) is 0 Å². The number of rotatable bonds is 5. The highest BCUT2D eigenvalue weighted by Crippen LogP contribution is 2.27. The molecule has 0 aliphatic rings. The third-order valence-electron chi connectivity index (χ3n) is 4.15. The van der Waals surface area contributed by atoms with E-state index in [-0.39, 0.29) is 11.9 Å². The van der Waals surface area contributed by atoms with Crippen molar-refractivity contribution in [3.05, 3.63) is 58.7 Å². The number of furan rings is 2. The van der Waals surface area contributed by atoms with Crippen molar-refractivity contribution in [2.75, 3.05) is 20.6 Å². The molecule has 24 heavy (non-hydrogen) atoms. The summed E-state index contributed by atoms with van der Waals surface area (Å²) in [6, 6.07) is 9.12. The highest BCUT2D eigenvalue weighted by molar-refractivity contribution is 6.31. The Labute approximate surface area is 145 Å². The minimum Gasteiger partial charge on any atom is -0.463 e. The maximum absolute atomic E-state index is 12.5. The number of hydrogen-bond acceptors (Lipinski definition) is 3. The van der Waals surface area contributed by atoms with E-state index in [9.17, 15) is 4.79 Å². The number of benzene rings is 1. The Balaban J connectivity index is 1.79. The number of hydrogen-bond donors (Lipinski definition) is 2. The molecule has 2 N–H and O–H groups in total. The van der Waals surface area contributed by atoms with Crippen molar-refractivity contribution in [2.45, 2.75) is 13.0 Å². The molecule has 0 bridgehead atoms. The van der Waals surface area contributed by atoms with Crippen LogP contribution in [0.1, 0.15) is 27.9 Å². The van der Waals surface area contributed by atoms with Crippen LogP contribution in [0, 0.1) is 6.92 Å². The van der Waals surface area contributed by atoms with E-state index in [0.29, 0.717) is 22.9 Å². The average Bonchev–Trinajstić information content (AvgIpc) is 3.16. The predicted molar refractivity (Wildman–Crippen MR) is 92.6 cm³/mol. The SMILES string of the molecule is Cc1c(C(=O)NC[C@@H](c2ccco2)[NH+](C)C)oc2ccc(Cl)cc12. The summed E-state index contributed by atoms with van der Waals surface area (Å²) in [5.41, 5.74) is 1.44. The minimum atomic E-state index is -0.238. The van der Waals surface area contributed by atoms with Crippen LogP contribution < -0.4 is 10.2 Å². The Hall–Kier alpha value is -2.24. The molecule has 0 saturated heterocycles. The summed E-state index contributed by atoms with van der Waals surface area (Å²) in [5.74, 6) is 0.917. The molecule has 0 fully saturated rings. The fourth-order valence-electron chi connectivity index (χ4n) is 2.76. The molecule has 3 aromatic rings. The molecule has 1 atom stereocenters. The first-order chi connectivity index (χ1) is 11.5. The molecule has 1 aromatic carbocycles. The van der Waals surface area contributed by atoms with E-state index in [0.717, 1.165) is 16.7 Å². The van der Waals surface area contributed by atoms with E-state index in [1.165, 1.54) is 4.90 Å². The molecule has 1 amide bonds. The summed E-state index contributed by atoms with van der Waals surface area (Å²) in [5, 5.41) is 4.41. The van der Waals surface area contributed by atoms with Gasteiger partial charge >= 0.3 is 0 Å². The van der Waals surface area contributed by atoms with Crippen molar-refractivity contribution in [3.63, 3.8) is 0 Å². The second-order valence-electron chi connectivity index (χ2n) is 6.05. The first-order valence-corrected chi connectivity index (χ1v) is 8.15. The van der Waals surface area contributed by atoms with Crippen molar-refractivity contribution in [1.29, 1.82) is 0 Å². The average molecular weight is 348 g/mol. The number of likely N-dealkylation sites (N-methyl/N-ethyl adjacent to an activating group) is 1. The molecule has 2 heterocycles. The number of aryl methyl sites for hydroxylation is 1. The van der Waals surface area contributed by atoms with Crippen LogP contribution in [0.5, 0.6) is 0 Å². The Morgan fingerprint density at radius 3 is 2.79 bits per heavy atom. The van der Waals surface area contributed by atoms with Crippen LogP contribution in [0.15, 0.2) is 45.4 Å². The molecule has 2 aromatic heterocycles. The van der Waals surface area contributed by atoms with E-state index < -0.39 is 0 Å². The lowest BCUT2D eigenvalue weighted by Crippen LogP contribution is -3.07. The van der Waals surface area contributed by atoms with Crippen molar-refractivity contribution in [1.82, 2.24) is 5.32 Å². The number of quaternary nitrogens is 1. The van der Waals surface area contributed by atoms with Crippen LogP contribution in [-0.2, 0) is 0 Å². The van der Waals surface area contributed by atoms with Crippen LogP contribution in [0.2, 0.25) is 5.02 Å². The van der Waals surface area contributed by atoms with Gasteiger partial charge in [0.15, 0.2) is 17.6 Å². The minimum absolute atomic E-state index is 0.0306. The van der Waals surface area contributed by atoms with Crippen molar-refractivity contribution < 1.29 is 18.5 Å². The molecule has 0 saturated carbocycles. The first-order valence-electron chi connectivity index (χ1n) is 7.77. The van der Waals surface area contributed by atoms with E-state index in [1.54, 1.807) is 18.4 Å². The fraction of sp³-hybridized carbons (Fsp3) is 0.278. The number of halogens is 1. The number of nitrogens with one attached hydrogen (secondary N) is 2. The summed E-state index contributed by atoms with van der Waals surface area (Å²) in [6.07, 6.45) is 1.64. The standard InChI is InChI=1S/C18H19ClN2O3/c1-11-13-9-12(19)6-7-15(13)24-17(11)18(22)20-10-14(21(2)3)16-5-4-8-23-16/h4-9,14H,10H2,1-3H3,(H,20,22)/p+1/t14-/m0/s1. The topological polar surface area (TPSA) is 59.8 Å². The second-order valence-corrected chi connectivity index (χ2v) is 6.49. The molecule has 0 unspecified atom stereocenters. The molecule has 0 spiro atoms. The van der Waals surface area contributed by atoms with Crippen LogP contribution in [0.25, 0.3) is 11.0 Å². The van der Waals surface area contributed by atoms with Crippen molar-refractivity contribution in [2.24, 2.45) is 0 Å². The molecule has 0 radical (unpaired) electrons. The summed E-state index contributed by atoms with van der Waals surface area (Å²) >= 11 is 6.02. The van der Waals surface area contributed by atoms with Gasteiger partial charge in [0, 0.05) is 16.0 Å². The summed E-state index contributed by atoms with van der Waals surface area (Å²) in [7, 11) is 4.04. The normalized spacial score (nSPS) is 12.7. The lowest BCUT2D eigenvalue weighted by atomic mass is 10.1. The molecular formula is C18H20ClN2O3+. The maximum atomic E-state index is 12.5. The van der Waals surface area contributed by atoms with Crippen LogP contribution in [0.4, 0.5) is 0 Å². The fourth-order valence-corrected chi connectivity index (χ4v) is 2.94. The first kappa shape index (κ1) is 16.6. The molecular weight excluding hydrogens is 328 g/mol. The van der Waals surface area contributed by atoms with E-state index in [1.807, 2.05) is 39.2 Å². The number of fused-ring (bicyclic) bond motifs is 1. The Kier molecular flexibility index (Phi) is 4.64. The quantitative estimate of drug-likeness (QED) is 0.746. The van der Waals surface area contributed by atoms with Crippen LogP contribution in [-0.4, -0.2) is 26.5 Å². The molecule has 0 aliphatic heterocycles. The van der Waals surface area contributed by atoms with Gasteiger partial charge in [0.1, 0.15) is 5.58 Å². The number of carbonyl (C=O) groups excluding carboxylic acids is 1. The highest BCUT2D eigenvalue weighted by atomic mass is 35.5. The zero-order valence-corrected chi connectivity index (χ0v) is 14.6. The smallest absolute Gasteiger partial charge is 0.287 e. The van der Waals surface area contributed by atoms with Crippen LogP contribution in [0.3, 0.4) is 0 Å². The summed E-state index contributed by atoms with van der Waals surface area (Å²) in [6.45, 7) is 2.31. The molecule has 5 nitrogen and oxygen atoms in total. The van der Waals surface area contributed by atoms with E-state index in [4.69, 9.17) is 20.4 Å². The summed E-state index contributed by atoms with van der Waals surface area (Å²) in [4.78, 5) is 13.7. The lowest BCUT2D eigenvalue weighted by molar-refractivity contribution is -0.891. The Morgan fingerprint density at radius 2 is 2.12 bits per heavy atom. The van der Waals surface area contributed by atoms with Gasteiger partial charge in [-0.25, -0.2) is 0 Å². The third kappa shape index (κ3) is 3.18. The van der Waals surface area contributed by atoms with Crippen LogP contribution >= 0.6 is 11.6 Å². The molecule has 126 valence electrons. The van der Waals surface area contributed by atoms with Gasteiger partial charge < -0.3 is 19.1 Å². The lowest BCUT2D eigenvalue weighted by Gasteiger charge is -2.19. The van der Waals surface area contributed by atoms with Gasteiger partial charge in [0.05, 0.1) is 26.9 Å². The zero-order chi connectivity index (χ0) is 17.3. The Morgan fingerprint density at radius 1 is 1.33 bits per heavy atom. The van der Waals surface area contributed by atoms with Gasteiger partial charge in [-0.1, -0.05) is 11.6 Å². The highest BCUT2D eigenvalue weighted by Gasteiger charge is 2.24. The van der Waals surface area contributed by atoms with Gasteiger partial charge in [-0.05, 0) is 37.3 Å². The van der Waals surface area contributed by atoms with Gasteiger partial charge in [-0.2, -0.15) is 0 Å². The molecule has 0 aliphatic carbocycles. The van der Waals surface area contributed by atoms with Gasteiger partial charge in [0.25, 0.3) is 5.91 Å². The monoisotopic (exact) mass is 347 g/mol. The number of amides is 1. The van der Waals surface area contributed by atoms with Crippen molar-refractivity contribution >= 4 is 28.5 Å². The Bertz CT molecular complexity index is 853. The maximum Gasteiger partial charge on any atom is 0.287 e. The second kappa shape index (κ2) is 6.71. The van der Waals surface area contributed by atoms with E-state index in [2.05, 4.69) is 5.32 Å². The van der Waals surface area contributed by atoms with Gasteiger partial charge in [0.2, 0.25) is 0 Å². The predicted octanol–water partition coefficient (Wildman–Crippen LogP) is 2.60. The zero-order valence-electron chi connectivity index (χ0n) is 13.9. The van der Waals surface area contributed by atoms with Gasteiger partial charge in [-0.15, -0.1) is 0 Å². The third-order valence-corrected chi connectivity index (χ3v) is 4.39. The summed E-state index contributed by atoms with van der Waals surface area (Å²) < 4.78 is 11.2. The number of carbonyl (C=O) groups is 1. The molecule has 3 rings (SSSR count).